The normalized spacial score (nSPS) is 24.1. The maximum atomic E-state index is 13.8. The lowest BCUT2D eigenvalue weighted by atomic mass is 9.55. The summed E-state index contributed by atoms with van der Waals surface area (Å²) in [5, 5.41) is 0. The summed E-state index contributed by atoms with van der Waals surface area (Å²) >= 11 is 0. The van der Waals surface area contributed by atoms with E-state index in [1.54, 1.807) is 0 Å². The molecular weight excluding hydrogens is 422 g/mol. The lowest BCUT2D eigenvalue weighted by molar-refractivity contribution is -0.122. The molecule has 7 rings (SSSR count). The van der Waals surface area contributed by atoms with Gasteiger partial charge in [0.1, 0.15) is 5.75 Å². The van der Waals surface area contributed by atoms with E-state index >= 15 is 0 Å². The number of hydrogen-bond donors (Lipinski definition) is 0. The van der Waals surface area contributed by atoms with Crippen molar-refractivity contribution >= 4 is 17.5 Å². The van der Waals surface area contributed by atoms with Gasteiger partial charge in [0.2, 0.25) is 11.8 Å². The molecule has 0 aromatic heterocycles. The third kappa shape index (κ3) is 3.04. The van der Waals surface area contributed by atoms with Crippen LogP contribution in [0.2, 0.25) is 0 Å². The van der Waals surface area contributed by atoms with Crippen molar-refractivity contribution < 1.29 is 14.3 Å². The number of imide groups is 1. The molecule has 0 saturated carbocycles. The van der Waals surface area contributed by atoms with Crippen LogP contribution in [-0.2, 0) is 9.59 Å². The van der Waals surface area contributed by atoms with Crippen LogP contribution in [0.25, 0.3) is 0 Å². The van der Waals surface area contributed by atoms with Gasteiger partial charge < -0.3 is 4.74 Å². The monoisotopic (exact) mass is 451 g/mol. The Balaban J connectivity index is 1.36. The van der Waals surface area contributed by atoms with Crippen molar-refractivity contribution in [2.24, 2.45) is 11.8 Å². The number of anilines is 1. The Hall–Kier alpha value is -3.40. The van der Waals surface area contributed by atoms with Crippen molar-refractivity contribution in [3.05, 3.63) is 94.5 Å². The third-order valence-electron chi connectivity index (χ3n) is 7.81. The van der Waals surface area contributed by atoms with E-state index in [0.717, 1.165) is 25.0 Å². The number of ether oxygens (including phenoxy) is 1. The molecule has 1 aliphatic heterocycles. The van der Waals surface area contributed by atoms with Crippen LogP contribution in [0.4, 0.5) is 5.69 Å². The van der Waals surface area contributed by atoms with Crippen molar-refractivity contribution in [3.63, 3.8) is 0 Å². The number of carbonyl (C=O) groups excluding carboxylic acids is 2. The van der Waals surface area contributed by atoms with E-state index in [1.807, 2.05) is 36.4 Å². The Morgan fingerprint density at radius 2 is 1.38 bits per heavy atom. The summed E-state index contributed by atoms with van der Waals surface area (Å²) in [6, 6.07) is 22.3. The highest BCUT2D eigenvalue weighted by atomic mass is 16.5. The Morgan fingerprint density at radius 3 is 2.03 bits per heavy atom. The molecule has 0 spiro atoms. The van der Waals surface area contributed by atoms with Gasteiger partial charge >= 0.3 is 0 Å². The zero-order valence-electron chi connectivity index (χ0n) is 19.7. The Kier molecular flexibility index (Phi) is 5.05. The standard InChI is InChI=1S/C30H29NO3/c1-3-4-7-16-34-20-13-11-19(12-14-20)31-29(32)27-25-21-8-5-6-9-22(21)26(28(27)30(31)33)24-17-18(2)10-15-23(24)25/h5-6,8-15,17,25-28H,3-4,7,16H2,1-2H3/t25-,26-,27-,28-/m1/s1. The molecule has 0 N–H and O–H groups in total. The van der Waals surface area contributed by atoms with Gasteiger partial charge in [0.15, 0.2) is 0 Å². The van der Waals surface area contributed by atoms with Gasteiger partial charge in [-0.2, -0.15) is 0 Å². The van der Waals surface area contributed by atoms with E-state index in [4.69, 9.17) is 4.74 Å². The van der Waals surface area contributed by atoms with Crippen LogP contribution in [0.5, 0.6) is 5.75 Å². The van der Waals surface area contributed by atoms with E-state index in [9.17, 15) is 9.59 Å². The van der Waals surface area contributed by atoms with E-state index in [1.165, 1.54) is 32.7 Å². The quantitative estimate of drug-likeness (QED) is 0.343. The predicted octanol–water partition coefficient (Wildman–Crippen LogP) is 5.96. The molecule has 1 heterocycles. The van der Waals surface area contributed by atoms with Crippen LogP contribution in [0.15, 0.2) is 66.7 Å². The first kappa shape index (κ1) is 21.2. The second-order valence-electron chi connectivity index (χ2n) is 9.83. The molecule has 172 valence electrons. The highest BCUT2D eigenvalue weighted by Crippen LogP contribution is 2.61. The minimum atomic E-state index is -0.355. The summed E-state index contributed by atoms with van der Waals surface area (Å²) in [4.78, 5) is 29.1. The lowest BCUT2D eigenvalue weighted by Crippen LogP contribution is -2.41. The van der Waals surface area contributed by atoms with Crippen LogP contribution < -0.4 is 9.64 Å². The third-order valence-corrected chi connectivity index (χ3v) is 7.81. The first-order valence-corrected chi connectivity index (χ1v) is 12.4. The molecule has 4 heteroatoms. The molecule has 4 aliphatic rings. The number of carbonyl (C=O) groups is 2. The molecule has 4 nitrogen and oxygen atoms in total. The van der Waals surface area contributed by atoms with Crippen molar-refractivity contribution in [2.45, 2.75) is 44.9 Å². The molecule has 2 bridgehead atoms. The first-order valence-electron chi connectivity index (χ1n) is 12.4. The fourth-order valence-electron chi connectivity index (χ4n) is 6.33. The molecule has 3 aromatic carbocycles. The topological polar surface area (TPSA) is 46.6 Å². The molecule has 1 saturated heterocycles. The number of unbranched alkanes of at least 4 members (excludes halogenated alkanes) is 2. The summed E-state index contributed by atoms with van der Waals surface area (Å²) in [6.07, 6.45) is 3.32. The fraction of sp³-hybridized carbons (Fsp3) is 0.333. The molecular formula is C30H29NO3. The van der Waals surface area contributed by atoms with Gasteiger partial charge in [-0.3, -0.25) is 9.59 Å². The summed E-state index contributed by atoms with van der Waals surface area (Å²) in [5.41, 5.74) is 6.63. The molecule has 2 amide bonds. The number of rotatable bonds is 6. The van der Waals surface area contributed by atoms with Crippen molar-refractivity contribution in [1.29, 1.82) is 0 Å². The second kappa shape index (κ2) is 8.12. The number of hydrogen-bond acceptors (Lipinski definition) is 3. The fourth-order valence-corrected chi connectivity index (χ4v) is 6.33. The predicted molar refractivity (Wildman–Crippen MR) is 132 cm³/mol. The molecule has 34 heavy (non-hydrogen) atoms. The zero-order valence-corrected chi connectivity index (χ0v) is 19.7. The average Bonchev–Trinajstić information content (AvgIpc) is 3.12. The maximum Gasteiger partial charge on any atom is 0.238 e. The largest absolute Gasteiger partial charge is 0.494 e. The van der Waals surface area contributed by atoms with Crippen molar-refractivity contribution in [3.8, 4) is 5.75 Å². The van der Waals surface area contributed by atoms with E-state index < -0.39 is 0 Å². The van der Waals surface area contributed by atoms with Crippen LogP contribution in [0.1, 0.15) is 65.8 Å². The zero-order chi connectivity index (χ0) is 23.4. The smallest absolute Gasteiger partial charge is 0.238 e. The van der Waals surface area contributed by atoms with Crippen LogP contribution in [-0.4, -0.2) is 18.4 Å². The van der Waals surface area contributed by atoms with Gasteiger partial charge in [0, 0.05) is 11.8 Å². The lowest BCUT2D eigenvalue weighted by Gasteiger charge is -2.46. The number of aryl methyl sites for hydroxylation is 1. The summed E-state index contributed by atoms with van der Waals surface area (Å²) < 4.78 is 5.83. The van der Waals surface area contributed by atoms with Gasteiger partial charge in [0.05, 0.1) is 24.1 Å². The number of amides is 2. The maximum absolute atomic E-state index is 13.8. The molecule has 4 atom stereocenters. The van der Waals surface area contributed by atoms with Crippen molar-refractivity contribution in [2.75, 3.05) is 11.5 Å². The molecule has 1 fully saturated rings. The molecule has 3 aromatic rings. The first-order chi connectivity index (χ1) is 16.6. The van der Waals surface area contributed by atoms with Crippen molar-refractivity contribution in [1.82, 2.24) is 0 Å². The van der Waals surface area contributed by atoms with Crippen LogP contribution in [0, 0.1) is 18.8 Å². The highest BCUT2D eigenvalue weighted by molar-refractivity contribution is 6.23. The van der Waals surface area contributed by atoms with Gasteiger partial charge in [-0.25, -0.2) is 4.90 Å². The molecule has 3 aliphatic carbocycles. The van der Waals surface area contributed by atoms with Gasteiger partial charge in [-0.1, -0.05) is 67.8 Å². The van der Waals surface area contributed by atoms with Crippen LogP contribution >= 0.6 is 0 Å². The minimum absolute atomic E-state index is 0.0792. The minimum Gasteiger partial charge on any atom is -0.494 e. The van der Waals surface area contributed by atoms with E-state index in [0.29, 0.717) is 12.3 Å². The van der Waals surface area contributed by atoms with Gasteiger partial charge in [0.25, 0.3) is 0 Å². The van der Waals surface area contributed by atoms with Gasteiger partial charge in [-0.05, 0) is 59.9 Å². The van der Waals surface area contributed by atoms with Gasteiger partial charge in [-0.15, -0.1) is 0 Å². The highest BCUT2D eigenvalue weighted by Gasteiger charge is 2.61. The van der Waals surface area contributed by atoms with E-state index in [2.05, 4.69) is 44.2 Å². The van der Waals surface area contributed by atoms with Crippen LogP contribution in [0.3, 0.4) is 0 Å². The molecule has 0 unspecified atom stereocenters. The Bertz CT molecular complexity index is 1280. The average molecular weight is 452 g/mol. The second-order valence-corrected chi connectivity index (χ2v) is 9.83. The van der Waals surface area contributed by atoms with E-state index in [-0.39, 0.29) is 35.5 Å². The number of benzene rings is 3. The summed E-state index contributed by atoms with van der Waals surface area (Å²) in [5.74, 6) is -0.260. The summed E-state index contributed by atoms with van der Waals surface area (Å²) in [7, 11) is 0. The number of nitrogens with zero attached hydrogens (tertiary/aromatic N) is 1. The molecule has 0 radical (unpaired) electrons. The Labute approximate surface area is 200 Å². The Morgan fingerprint density at radius 1 is 0.765 bits per heavy atom. The summed E-state index contributed by atoms with van der Waals surface area (Å²) in [6.45, 7) is 4.94. The SMILES string of the molecule is CCCCCOc1ccc(N2C(=O)[C@@H]3[C@@H]4c5ccccc5[C@H](c5cc(C)ccc54)[C@H]3C2=O)cc1.